The zero-order valence-corrected chi connectivity index (χ0v) is 10.1. The van der Waals surface area contributed by atoms with Crippen LogP contribution in [-0.4, -0.2) is 20.2 Å². The van der Waals surface area contributed by atoms with Crippen molar-refractivity contribution in [2.75, 3.05) is 5.32 Å². The second-order valence-electron chi connectivity index (χ2n) is 3.78. The van der Waals surface area contributed by atoms with Gasteiger partial charge >= 0.3 is 0 Å². The smallest absolute Gasteiger partial charge is 0.181 e. The molecule has 0 aliphatic heterocycles. The summed E-state index contributed by atoms with van der Waals surface area (Å²) in [4.78, 5) is 8.50. The van der Waals surface area contributed by atoms with Crippen LogP contribution in [0.2, 0.25) is 0 Å². The molecule has 86 valence electrons. The predicted molar refractivity (Wildman–Crippen MR) is 68.1 cm³/mol. The molecule has 0 aliphatic rings. The first-order valence-corrected chi connectivity index (χ1v) is 6.19. The number of hydrogen-bond acceptors (Lipinski definition) is 5. The maximum atomic E-state index is 4.28. The monoisotopic (exact) mass is 245 g/mol. The first kappa shape index (κ1) is 10.2. The van der Waals surface area contributed by atoms with Crippen molar-refractivity contribution in [1.82, 2.24) is 20.2 Å². The number of thiazole rings is 1. The number of anilines is 1. The van der Waals surface area contributed by atoms with Crippen molar-refractivity contribution in [3.8, 4) is 0 Å². The van der Waals surface area contributed by atoms with E-state index in [1.165, 1.54) is 0 Å². The normalized spacial score (nSPS) is 10.9. The van der Waals surface area contributed by atoms with E-state index >= 15 is 0 Å². The number of rotatable bonds is 3. The Hall–Kier alpha value is -1.95. The lowest BCUT2D eigenvalue weighted by Crippen LogP contribution is -1.99. The molecule has 0 aromatic carbocycles. The lowest BCUT2D eigenvalue weighted by Gasteiger charge is -2.03. The highest BCUT2D eigenvalue weighted by Crippen LogP contribution is 2.18. The van der Waals surface area contributed by atoms with Crippen LogP contribution in [0.3, 0.4) is 0 Å². The Balaban J connectivity index is 1.83. The maximum Gasteiger partial charge on any atom is 0.181 e. The van der Waals surface area contributed by atoms with Crippen LogP contribution in [-0.2, 0) is 6.54 Å². The molecule has 0 saturated heterocycles. The van der Waals surface area contributed by atoms with Gasteiger partial charge in [-0.25, -0.2) is 9.97 Å². The lowest BCUT2D eigenvalue weighted by atomic mass is 10.2. The van der Waals surface area contributed by atoms with E-state index in [0.29, 0.717) is 6.54 Å². The van der Waals surface area contributed by atoms with Crippen LogP contribution < -0.4 is 5.32 Å². The largest absolute Gasteiger partial charge is 0.378 e. The zero-order valence-electron chi connectivity index (χ0n) is 9.27. The average Bonchev–Trinajstić information content (AvgIpc) is 2.97. The van der Waals surface area contributed by atoms with E-state index < -0.39 is 0 Å². The summed E-state index contributed by atoms with van der Waals surface area (Å²) in [6.45, 7) is 2.70. The van der Waals surface area contributed by atoms with Gasteiger partial charge < -0.3 is 5.32 Å². The van der Waals surface area contributed by atoms with Crippen LogP contribution in [0.5, 0.6) is 0 Å². The van der Waals surface area contributed by atoms with E-state index in [-0.39, 0.29) is 0 Å². The minimum absolute atomic E-state index is 0.716. The summed E-state index contributed by atoms with van der Waals surface area (Å²) in [5, 5.41) is 13.4. The van der Waals surface area contributed by atoms with Gasteiger partial charge in [0.2, 0.25) is 0 Å². The van der Waals surface area contributed by atoms with Gasteiger partial charge in [0.25, 0.3) is 0 Å². The quantitative estimate of drug-likeness (QED) is 0.743. The Kier molecular flexibility index (Phi) is 2.49. The topological polar surface area (TPSA) is 66.5 Å². The summed E-state index contributed by atoms with van der Waals surface area (Å²) in [7, 11) is 0. The minimum atomic E-state index is 0.716. The van der Waals surface area contributed by atoms with Crippen molar-refractivity contribution < 1.29 is 0 Å². The molecule has 3 heterocycles. The summed E-state index contributed by atoms with van der Waals surface area (Å²) in [6, 6.07) is 2.05. The highest BCUT2D eigenvalue weighted by molar-refractivity contribution is 7.07. The molecule has 0 saturated carbocycles. The number of nitrogens with zero attached hydrogens (tertiary/aromatic N) is 3. The summed E-state index contributed by atoms with van der Waals surface area (Å²) in [6.07, 6.45) is 1.79. The van der Waals surface area contributed by atoms with Gasteiger partial charge in [0.05, 0.1) is 29.6 Å². The van der Waals surface area contributed by atoms with Crippen molar-refractivity contribution in [3.63, 3.8) is 0 Å². The molecule has 17 heavy (non-hydrogen) atoms. The fourth-order valence-corrected chi connectivity index (χ4v) is 2.19. The van der Waals surface area contributed by atoms with Gasteiger partial charge in [-0.3, -0.25) is 5.10 Å². The number of aryl methyl sites for hydroxylation is 1. The first-order valence-electron chi connectivity index (χ1n) is 5.24. The molecule has 0 fully saturated rings. The van der Waals surface area contributed by atoms with Crippen LogP contribution in [0, 0.1) is 6.92 Å². The van der Waals surface area contributed by atoms with Crippen molar-refractivity contribution in [3.05, 3.63) is 34.5 Å². The Morgan fingerprint density at radius 2 is 2.35 bits per heavy atom. The number of fused-ring (bicyclic) bond motifs is 1. The molecule has 3 aromatic heterocycles. The Labute approximate surface area is 102 Å². The number of hydrogen-bond donors (Lipinski definition) is 2. The van der Waals surface area contributed by atoms with Crippen molar-refractivity contribution in [1.29, 1.82) is 0 Å². The van der Waals surface area contributed by atoms with Gasteiger partial charge in [-0.05, 0) is 13.0 Å². The molecule has 0 bridgehead atoms. The number of aromatic amines is 1. The van der Waals surface area contributed by atoms with Crippen LogP contribution in [0.15, 0.2) is 23.2 Å². The molecule has 0 radical (unpaired) electrons. The molecule has 3 rings (SSSR count). The average molecular weight is 245 g/mol. The van der Waals surface area contributed by atoms with Crippen molar-refractivity contribution >= 4 is 28.1 Å². The maximum absolute atomic E-state index is 4.28. The predicted octanol–water partition coefficient (Wildman–Crippen LogP) is 2.33. The summed E-state index contributed by atoms with van der Waals surface area (Å²) in [5.41, 5.74) is 5.64. The molecule has 0 aliphatic carbocycles. The third kappa shape index (κ3) is 1.99. The minimum Gasteiger partial charge on any atom is -0.378 e. The standard InChI is InChI=1S/C11H11N5S/c1-7-10-2-8(3-13-11(10)16-15-7)12-4-9-5-17-6-14-9/h2-3,5-6,12H,4H2,1H3,(H,13,15,16). The number of H-pyrrole nitrogens is 1. The molecular weight excluding hydrogens is 234 g/mol. The first-order chi connectivity index (χ1) is 8.33. The zero-order chi connectivity index (χ0) is 11.7. The van der Waals surface area contributed by atoms with Gasteiger partial charge in [-0.2, -0.15) is 5.10 Å². The number of pyridine rings is 1. The molecule has 0 spiro atoms. The van der Waals surface area contributed by atoms with Crippen molar-refractivity contribution in [2.24, 2.45) is 0 Å². The van der Waals surface area contributed by atoms with E-state index in [1.807, 2.05) is 23.9 Å². The second kappa shape index (κ2) is 4.14. The molecule has 0 amide bonds. The van der Waals surface area contributed by atoms with Gasteiger partial charge in [-0.15, -0.1) is 11.3 Å². The highest BCUT2D eigenvalue weighted by atomic mass is 32.1. The molecule has 0 atom stereocenters. The summed E-state index contributed by atoms with van der Waals surface area (Å²) < 4.78 is 0. The van der Waals surface area contributed by atoms with Crippen LogP contribution in [0.25, 0.3) is 11.0 Å². The van der Waals surface area contributed by atoms with Gasteiger partial charge in [0.1, 0.15) is 0 Å². The fraction of sp³-hybridized carbons (Fsp3) is 0.182. The molecule has 6 heteroatoms. The Morgan fingerprint density at radius 3 is 3.18 bits per heavy atom. The number of nitrogens with one attached hydrogen (secondary N) is 2. The lowest BCUT2D eigenvalue weighted by molar-refractivity contribution is 1.05. The Morgan fingerprint density at radius 1 is 1.41 bits per heavy atom. The third-order valence-corrected chi connectivity index (χ3v) is 3.19. The van der Waals surface area contributed by atoms with Crippen molar-refractivity contribution in [2.45, 2.75) is 13.5 Å². The fourth-order valence-electron chi connectivity index (χ4n) is 1.63. The second-order valence-corrected chi connectivity index (χ2v) is 4.50. The summed E-state index contributed by atoms with van der Waals surface area (Å²) in [5.74, 6) is 0. The Bertz CT molecular complexity index is 628. The van der Waals surface area contributed by atoms with Gasteiger partial charge in [-0.1, -0.05) is 0 Å². The van der Waals surface area contributed by atoms with E-state index in [2.05, 4.69) is 25.5 Å². The van der Waals surface area contributed by atoms with E-state index in [1.54, 1.807) is 17.5 Å². The molecule has 0 unspecified atom stereocenters. The van der Waals surface area contributed by atoms with Crippen LogP contribution in [0.4, 0.5) is 5.69 Å². The van der Waals surface area contributed by atoms with E-state index in [4.69, 9.17) is 0 Å². The SMILES string of the molecule is Cc1[nH]nc2ncc(NCc3cscn3)cc12. The molecule has 2 N–H and O–H groups in total. The molecular formula is C11H11N5S. The van der Waals surface area contributed by atoms with E-state index in [9.17, 15) is 0 Å². The highest BCUT2D eigenvalue weighted by Gasteiger charge is 2.03. The van der Waals surface area contributed by atoms with Crippen LogP contribution in [0.1, 0.15) is 11.4 Å². The van der Waals surface area contributed by atoms with E-state index in [0.717, 1.165) is 28.1 Å². The third-order valence-electron chi connectivity index (χ3n) is 2.56. The van der Waals surface area contributed by atoms with Crippen LogP contribution >= 0.6 is 11.3 Å². The van der Waals surface area contributed by atoms with Gasteiger partial charge in [0, 0.05) is 16.5 Å². The summed E-state index contributed by atoms with van der Waals surface area (Å²) >= 11 is 1.60. The molecule has 5 nitrogen and oxygen atoms in total. The molecule has 3 aromatic rings. The van der Waals surface area contributed by atoms with Gasteiger partial charge in [0.15, 0.2) is 5.65 Å². The number of aromatic nitrogens is 4.